The number of carbonyl (C=O) groups excluding carboxylic acids is 1. The second-order valence-electron chi connectivity index (χ2n) is 7.21. The van der Waals surface area contributed by atoms with Crippen LogP contribution in [0.4, 0.5) is 0 Å². The van der Waals surface area contributed by atoms with E-state index in [-0.39, 0.29) is 18.1 Å². The maximum atomic E-state index is 11.6. The molecule has 0 aliphatic carbocycles. The Kier molecular flexibility index (Phi) is 6.67. The van der Waals surface area contributed by atoms with Gasteiger partial charge in [0, 0.05) is 29.2 Å². The third kappa shape index (κ3) is 4.80. The highest BCUT2D eigenvalue weighted by Crippen LogP contribution is 2.40. The number of carbonyl (C=O) groups is 1. The highest BCUT2D eigenvalue weighted by atomic mass is 79.9. The molecule has 0 unspecified atom stereocenters. The van der Waals surface area contributed by atoms with Crippen molar-refractivity contribution in [3.05, 3.63) is 76.7 Å². The number of halogens is 1. The van der Waals surface area contributed by atoms with E-state index in [0.717, 1.165) is 27.3 Å². The molecule has 2 aromatic heterocycles. The first-order valence-corrected chi connectivity index (χ1v) is 11.2. The fourth-order valence-corrected chi connectivity index (χ4v) is 4.33. The normalized spacial score (nSPS) is 18.1. The maximum absolute atomic E-state index is 11.6. The van der Waals surface area contributed by atoms with Gasteiger partial charge in [0.1, 0.15) is 17.6 Å². The number of hydrogen-bond donors (Lipinski definition) is 1. The van der Waals surface area contributed by atoms with E-state index in [1.54, 1.807) is 6.20 Å². The molecule has 0 amide bonds. The van der Waals surface area contributed by atoms with Crippen LogP contribution in [0.3, 0.4) is 0 Å². The van der Waals surface area contributed by atoms with Gasteiger partial charge in [-0.1, -0.05) is 34.1 Å². The number of thiocarbonyl (C=S) groups is 1. The molecule has 0 saturated carbocycles. The molecule has 6 nitrogen and oxygen atoms in total. The van der Waals surface area contributed by atoms with E-state index in [4.69, 9.17) is 21.4 Å². The molecule has 2 atom stereocenters. The number of benzene rings is 1. The Morgan fingerprint density at radius 1 is 1.23 bits per heavy atom. The predicted molar refractivity (Wildman–Crippen MR) is 125 cm³/mol. The van der Waals surface area contributed by atoms with Crippen molar-refractivity contribution in [3.8, 4) is 11.3 Å². The average molecular weight is 500 g/mol. The number of nitrogens with zero attached hydrogens (tertiary/aromatic N) is 2. The van der Waals surface area contributed by atoms with E-state index >= 15 is 0 Å². The van der Waals surface area contributed by atoms with Crippen LogP contribution in [0.25, 0.3) is 11.3 Å². The Labute approximate surface area is 194 Å². The Balaban J connectivity index is 1.64. The SMILES string of the molecule is COC(=O)CCCN1C(=S)N[C@@H](c2ccccn2)[C@H]1c1ccc(-c2ccc(Br)cc2)o1. The van der Waals surface area contributed by atoms with Gasteiger partial charge in [-0.25, -0.2) is 0 Å². The molecule has 3 heterocycles. The van der Waals surface area contributed by atoms with E-state index in [9.17, 15) is 4.79 Å². The molecule has 1 N–H and O–H groups in total. The standard InChI is InChI=1S/C23H22BrN3O3S/c1-29-20(28)6-4-14-27-22(21(26-23(27)31)17-5-2-3-13-25-17)19-12-11-18(30-19)15-7-9-16(24)10-8-15/h2-3,5,7-13,21-22H,4,6,14H2,1H3,(H,26,31)/t21-,22+/m0/s1. The summed E-state index contributed by atoms with van der Waals surface area (Å²) in [5.74, 6) is 1.35. The van der Waals surface area contributed by atoms with Crippen molar-refractivity contribution in [1.29, 1.82) is 0 Å². The molecule has 0 radical (unpaired) electrons. The lowest BCUT2D eigenvalue weighted by atomic mass is 10.0. The van der Waals surface area contributed by atoms with E-state index in [0.29, 0.717) is 24.5 Å². The molecule has 3 aromatic rings. The summed E-state index contributed by atoms with van der Waals surface area (Å²) in [6.45, 7) is 0.600. The molecule has 0 spiro atoms. The molecule has 1 aliphatic heterocycles. The summed E-state index contributed by atoms with van der Waals surface area (Å²) in [4.78, 5) is 18.2. The van der Waals surface area contributed by atoms with Gasteiger partial charge >= 0.3 is 5.97 Å². The van der Waals surface area contributed by atoms with E-state index in [1.165, 1.54) is 7.11 Å². The fourth-order valence-electron chi connectivity index (χ4n) is 3.73. The van der Waals surface area contributed by atoms with Gasteiger partial charge in [-0.3, -0.25) is 9.78 Å². The van der Waals surface area contributed by atoms with Crippen molar-refractivity contribution < 1.29 is 13.9 Å². The monoisotopic (exact) mass is 499 g/mol. The minimum Gasteiger partial charge on any atom is -0.469 e. The van der Waals surface area contributed by atoms with Gasteiger partial charge in [0.2, 0.25) is 0 Å². The smallest absolute Gasteiger partial charge is 0.305 e. The summed E-state index contributed by atoms with van der Waals surface area (Å²) in [6.07, 6.45) is 2.73. The predicted octanol–water partition coefficient (Wildman–Crippen LogP) is 5.03. The van der Waals surface area contributed by atoms with Gasteiger partial charge in [-0.05, 0) is 55.0 Å². The topological polar surface area (TPSA) is 67.6 Å². The molecule has 160 valence electrons. The summed E-state index contributed by atoms with van der Waals surface area (Å²) in [5.41, 5.74) is 1.88. The van der Waals surface area contributed by atoms with Gasteiger partial charge < -0.3 is 19.4 Å². The van der Waals surface area contributed by atoms with Gasteiger partial charge in [0.25, 0.3) is 0 Å². The summed E-state index contributed by atoms with van der Waals surface area (Å²) in [6, 6.07) is 17.4. The van der Waals surface area contributed by atoms with Crippen molar-refractivity contribution in [1.82, 2.24) is 15.2 Å². The molecule has 4 rings (SSSR count). The third-order valence-corrected chi connectivity index (χ3v) is 6.13. The zero-order valence-electron chi connectivity index (χ0n) is 17.0. The van der Waals surface area contributed by atoms with Crippen molar-refractivity contribution in [2.45, 2.75) is 24.9 Å². The number of rotatable bonds is 7. The summed E-state index contributed by atoms with van der Waals surface area (Å²) < 4.78 is 12.1. The molecule has 1 saturated heterocycles. The van der Waals surface area contributed by atoms with E-state index < -0.39 is 0 Å². The van der Waals surface area contributed by atoms with Crippen LogP contribution in [-0.2, 0) is 9.53 Å². The number of ether oxygens (including phenoxy) is 1. The van der Waals surface area contributed by atoms with Crippen LogP contribution in [0.15, 0.2) is 69.7 Å². The molecular weight excluding hydrogens is 478 g/mol. The highest BCUT2D eigenvalue weighted by Gasteiger charge is 2.41. The first-order valence-electron chi connectivity index (χ1n) is 9.97. The zero-order chi connectivity index (χ0) is 21.8. The number of pyridine rings is 1. The number of methoxy groups -OCH3 is 1. The lowest BCUT2D eigenvalue weighted by Crippen LogP contribution is -2.30. The van der Waals surface area contributed by atoms with Crippen molar-refractivity contribution in [3.63, 3.8) is 0 Å². The number of esters is 1. The highest BCUT2D eigenvalue weighted by molar-refractivity contribution is 9.10. The van der Waals surface area contributed by atoms with E-state index in [1.807, 2.05) is 54.6 Å². The van der Waals surface area contributed by atoms with Crippen LogP contribution in [0.2, 0.25) is 0 Å². The van der Waals surface area contributed by atoms with Crippen molar-refractivity contribution in [2.75, 3.05) is 13.7 Å². The molecule has 1 aliphatic rings. The Morgan fingerprint density at radius 2 is 2.03 bits per heavy atom. The van der Waals surface area contributed by atoms with Crippen LogP contribution in [-0.4, -0.2) is 34.6 Å². The third-order valence-electron chi connectivity index (χ3n) is 5.25. The number of aromatic nitrogens is 1. The lowest BCUT2D eigenvalue weighted by Gasteiger charge is -2.25. The molecule has 1 aromatic carbocycles. The average Bonchev–Trinajstić information content (AvgIpc) is 3.39. The molecule has 1 fully saturated rings. The minimum atomic E-state index is -0.230. The van der Waals surface area contributed by atoms with Crippen molar-refractivity contribution >= 4 is 39.2 Å². The fraction of sp³-hybridized carbons (Fsp3) is 0.261. The second-order valence-corrected chi connectivity index (χ2v) is 8.51. The maximum Gasteiger partial charge on any atom is 0.305 e. The Hall–Kier alpha value is -2.71. The van der Waals surface area contributed by atoms with Crippen LogP contribution >= 0.6 is 28.1 Å². The number of nitrogens with one attached hydrogen (secondary N) is 1. The van der Waals surface area contributed by atoms with Gasteiger partial charge in [-0.2, -0.15) is 0 Å². The largest absolute Gasteiger partial charge is 0.469 e. The van der Waals surface area contributed by atoms with Crippen LogP contribution in [0.1, 0.15) is 36.4 Å². The zero-order valence-corrected chi connectivity index (χ0v) is 19.4. The van der Waals surface area contributed by atoms with E-state index in [2.05, 4.69) is 31.1 Å². The summed E-state index contributed by atoms with van der Waals surface area (Å²) in [5, 5.41) is 4.01. The summed E-state index contributed by atoms with van der Waals surface area (Å²) in [7, 11) is 1.40. The Bertz CT molecular complexity index is 1060. The minimum absolute atomic E-state index is 0.157. The Morgan fingerprint density at radius 3 is 2.74 bits per heavy atom. The van der Waals surface area contributed by atoms with Gasteiger partial charge in [0.15, 0.2) is 5.11 Å². The molecule has 8 heteroatoms. The lowest BCUT2D eigenvalue weighted by molar-refractivity contribution is -0.140. The number of furan rings is 1. The molecular formula is C23H22BrN3O3S. The van der Waals surface area contributed by atoms with Gasteiger partial charge in [0.05, 0.1) is 18.8 Å². The first kappa shape index (κ1) is 21.5. The van der Waals surface area contributed by atoms with Crippen LogP contribution in [0.5, 0.6) is 0 Å². The quantitative estimate of drug-likeness (QED) is 0.361. The molecule has 0 bridgehead atoms. The second kappa shape index (κ2) is 9.62. The molecule has 31 heavy (non-hydrogen) atoms. The van der Waals surface area contributed by atoms with Crippen LogP contribution in [0, 0.1) is 0 Å². The number of hydrogen-bond acceptors (Lipinski definition) is 5. The van der Waals surface area contributed by atoms with Crippen molar-refractivity contribution in [2.24, 2.45) is 0 Å². The first-order chi connectivity index (χ1) is 15.1. The van der Waals surface area contributed by atoms with Gasteiger partial charge in [-0.15, -0.1) is 0 Å². The van der Waals surface area contributed by atoms with Crippen LogP contribution < -0.4 is 5.32 Å². The summed E-state index contributed by atoms with van der Waals surface area (Å²) >= 11 is 9.11.